The maximum atomic E-state index is 4.22. The van der Waals surface area contributed by atoms with Crippen LogP contribution in [0.4, 0.5) is 17.2 Å². The summed E-state index contributed by atoms with van der Waals surface area (Å²) in [6, 6.07) is 9.90. The number of hydrogen-bond acceptors (Lipinski definition) is 3. The molecule has 0 spiro atoms. The first-order valence-electron chi connectivity index (χ1n) is 5.78. The monoisotopic (exact) mass is 244 g/mol. The molecule has 94 valence electrons. The highest BCUT2D eigenvalue weighted by Crippen LogP contribution is 2.20. The minimum atomic E-state index is 0.828. The molecular formula is C13H18N5+. The zero-order chi connectivity index (χ0) is 13.1. The van der Waals surface area contributed by atoms with Gasteiger partial charge in [0, 0.05) is 19.8 Å². The summed E-state index contributed by atoms with van der Waals surface area (Å²) < 4.78 is 3.88. The summed E-state index contributed by atoms with van der Waals surface area (Å²) in [6.45, 7) is 0. The Morgan fingerprint density at radius 2 is 1.72 bits per heavy atom. The fourth-order valence-corrected chi connectivity index (χ4v) is 1.57. The summed E-state index contributed by atoms with van der Waals surface area (Å²) in [4.78, 5) is 2.05. The highest BCUT2D eigenvalue weighted by molar-refractivity contribution is 5.51. The maximum Gasteiger partial charge on any atom is 0.214 e. The van der Waals surface area contributed by atoms with E-state index in [-0.39, 0.29) is 0 Å². The highest BCUT2D eigenvalue weighted by atomic mass is 15.4. The Kier molecular flexibility index (Phi) is 3.41. The normalized spacial score (nSPS) is 11.1. The van der Waals surface area contributed by atoms with Crippen molar-refractivity contribution in [3.8, 4) is 0 Å². The number of hydrogen-bond donors (Lipinski definition) is 0. The molecule has 1 aromatic heterocycles. The Morgan fingerprint density at radius 3 is 2.22 bits per heavy atom. The van der Waals surface area contributed by atoms with Crippen molar-refractivity contribution in [1.82, 2.24) is 4.68 Å². The van der Waals surface area contributed by atoms with Crippen LogP contribution in [0.5, 0.6) is 0 Å². The number of aryl methyl sites for hydroxylation is 1. The highest BCUT2D eigenvalue weighted by Gasteiger charge is 2.05. The second-order valence-electron chi connectivity index (χ2n) is 4.38. The first-order chi connectivity index (χ1) is 8.58. The third-order valence-corrected chi connectivity index (χ3v) is 2.88. The van der Waals surface area contributed by atoms with E-state index < -0.39 is 0 Å². The molecule has 5 heteroatoms. The quantitative estimate of drug-likeness (QED) is 0.603. The summed E-state index contributed by atoms with van der Waals surface area (Å²) in [5.41, 5.74) is 2.00. The van der Waals surface area contributed by atoms with Crippen molar-refractivity contribution >= 4 is 17.2 Å². The smallest absolute Gasteiger partial charge is 0.214 e. The molecule has 0 fully saturated rings. The van der Waals surface area contributed by atoms with Crippen LogP contribution in [0.15, 0.2) is 46.8 Å². The van der Waals surface area contributed by atoms with Crippen LogP contribution in [-0.4, -0.2) is 18.8 Å². The molecule has 2 aromatic rings. The molecule has 0 saturated heterocycles. The van der Waals surface area contributed by atoms with Gasteiger partial charge in [0.25, 0.3) is 0 Å². The lowest BCUT2D eigenvalue weighted by Gasteiger charge is -2.11. The predicted molar refractivity (Wildman–Crippen MR) is 71.5 cm³/mol. The van der Waals surface area contributed by atoms with Gasteiger partial charge in [0.15, 0.2) is 13.2 Å². The number of azo groups is 1. The summed E-state index contributed by atoms with van der Waals surface area (Å²) >= 11 is 0. The van der Waals surface area contributed by atoms with Crippen LogP contribution in [0.1, 0.15) is 0 Å². The number of nitrogens with zero attached hydrogens (tertiary/aromatic N) is 5. The largest absolute Gasteiger partial charge is 0.378 e. The molecule has 0 saturated carbocycles. The standard InChI is InChI=1S/C13H18N5/c1-16(2)12-7-5-11(6-8-12)14-15-13-9-10-17(3)18(13)4/h5-10H,1-4H3/q+1. The fourth-order valence-electron chi connectivity index (χ4n) is 1.57. The molecule has 0 aliphatic heterocycles. The average Bonchev–Trinajstić information content (AvgIpc) is 2.68. The molecule has 2 rings (SSSR count). The van der Waals surface area contributed by atoms with Crippen molar-refractivity contribution in [3.05, 3.63) is 36.5 Å². The van der Waals surface area contributed by atoms with Crippen molar-refractivity contribution in [2.75, 3.05) is 19.0 Å². The van der Waals surface area contributed by atoms with Gasteiger partial charge >= 0.3 is 0 Å². The Morgan fingerprint density at radius 1 is 1.06 bits per heavy atom. The fraction of sp³-hybridized carbons (Fsp3) is 0.308. The second kappa shape index (κ2) is 5.00. The van der Waals surface area contributed by atoms with Gasteiger partial charge in [-0.3, -0.25) is 0 Å². The van der Waals surface area contributed by atoms with Gasteiger partial charge in [-0.1, -0.05) is 0 Å². The Labute approximate surface area is 107 Å². The topological polar surface area (TPSA) is 36.8 Å². The number of rotatable bonds is 3. The molecule has 5 nitrogen and oxygen atoms in total. The third kappa shape index (κ3) is 2.56. The van der Waals surface area contributed by atoms with Crippen molar-refractivity contribution in [2.24, 2.45) is 24.3 Å². The molecule has 0 atom stereocenters. The summed E-state index contributed by atoms with van der Waals surface area (Å²) in [5.74, 6) is 0.828. The zero-order valence-corrected chi connectivity index (χ0v) is 11.2. The molecule has 0 aliphatic rings. The van der Waals surface area contributed by atoms with E-state index in [4.69, 9.17) is 0 Å². The van der Waals surface area contributed by atoms with Crippen molar-refractivity contribution in [2.45, 2.75) is 0 Å². The molecule has 0 radical (unpaired) electrons. The second-order valence-corrected chi connectivity index (χ2v) is 4.38. The van der Waals surface area contributed by atoms with Gasteiger partial charge in [-0.25, -0.2) is 0 Å². The van der Waals surface area contributed by atoms with E-state index in [0.29, 0.717) is 0 Å². The van der Waals surface area contributed by atoms with Gasteiger partial charge in [0.1, 0.15) is 0 Å². The molecule has 1 heterocycles. The van der Waals surface area contributed by atoms with Crippen LogP contribution in [0.25, 0.3) is 0 Å². The average molecular weight is 244 g/mol. The van der Waals surface area contributed by atoms with E-state index in [1.807, 2.05) is 74.1 Å². The third-order valence-electron chi connectivity index (χ3n) is 2.88. The van der Waals surface area contributed by atoms with Crippen LogP contribution in [0, 0.1) is 0 Å². The molecular weight excluding hydrogens is 226 g/mol. The van der Waals surface area contributed by atoms with E-state index in [9.17, 15) is 0 Å². The van der Waals surface area contributed by atoms with Gasteiger partial charge in [-0.05, 0) is 24.3 Å². The van der Waals surface area contributed by atoms with E-state index in [0.717, 1.165) is 17.2 Å². The van der Waals surface area contributed by atoms with Crippen LogP contribution in [-0.2, 0) is 14.1 Å². The van der Waals surface area contributed by atoms with Crippen LogP contribution in [0.3, 0.4) is 0 Å². The van der Waals surface area contributed by atoms with Crippen LogP contribution >= 0.6 is 0 Å². The SMILES string of the molecule is CN(C)c1ccc(N=Nc2cc[n+](C)n2C)cc1. The Bertz CT molecular complexity index is 551. The summed E-state index contributed by atoms with van der Waals surface area (Å²) in [7, 11) is 7.94. The molecule has 0 unspecified atom stereocenters. The molecule has 0 amide bonds. The predicted octanol–water partition coefficient (Wildman–Crippen LogP) is 2.33. The lowest BCUT2D eigenvalue weighted by molar-refractivity contribution is -0.750. The molecule has 0 aliphatic carbocycles. The minimum absolute atomic E-state index is 0.828. The van der Waals surface area contributed by atoms with E-state index in [2.05, 4.69) is 15.1 Å². The lowest BCUT2D eigenvalue weighted by Crippen LogP contribution is -2.35. The molecule has 18 heavy (non-hydrogen) atoms. The van der Waals surface area contributed by atoms with Gasteiger partial charge in [-0.2, -0.15) is 0 Å². The van der Waals surface area contributed by atoms with E-state index in [1.165, 1.54) is 0 Å². The summed E-state index contributed by atoms with van der Waals surface area (Å²) in [5, 5.41) is 8.45. The minimum Gasteiger partial charge on any atom is -0.378 e. The first kappa shape index (κ1) is 12.3. The van der Waals surface area contributed by atoms with Crippen LogP contribution < -0.4 is 9.58 Å². The molecule has 0 bridgehead atoms. The molecule has 1 aromatic carbocycles. The van der Waals surface area contributed by atoms with Crippen molar-refractivity contribution in [3.63, 3.8) is 0 Å². The number of benzene rings is 1. The van der Waals surface area contributed by atoms with Crippen molar-refractivity contribution in [1.29, 1.82) is 0 Å². The Hall–Kier alpha value is -2.17. The number of anilines is 1. The van der Waals surface area contributed by atoms with Crippen LogP contribution in [0.2, 0.25) is 0 Å². The van der Waals surface area contributed by atoms with E-state index in [1.54, 1.807) is 0 Å². The first-order valence-corrected chi connectivity index (χ1v) is 5.78. The van der Waals surface area contributed by atoms with Gasteiger partial charge in [0.05, 0.1) is 18.8 Å². The zero-order valence-electron chi connectivity index (χ0n) is 11.2. The van der Waals surface area contributed by atoms with E-state index >= 15 is 0 Å². The van der Waals surface area contributed by atoms with Gasteiger partial charge in [-0.15, -0.1) is 19.6 Å². The Balaban J connectivity index is 2.16. The number of aromatic nitrogens is 2. The lowest BCUT2D eigenvalue weighted by atomic mass is 10.3. The van der Waals surface area contributed by atoms with Gasteiger partial charge in [0.2, 0.25) is 5.82 Å². The van der Waals surface area contributed by atoms with Gasteiger partial charge < -0.3 is 4.90 Å². The molecule has 0 N–H and O–H groups in total. The maximum absolute atomic E-state index is 4.22. The summed E-state index contributed by atoms with van der Waals surface area (Å²) in [6.07, 6.45) is 1.95. The van der Waals surface area contributed by atoms with Crippen molar-refractivity contribution < 1.29 is 4.68 Å².